The molecule has 0 radical (unpaired) electrons. The molecule has 1 N–H and O–H groups in total. The van der Waals surface area contributed by atoms with E-state index in [2.05, 4.69) is 5.32 Å². The summed E-state index contributed by atoms with van der Waals surface area (Å²) in [4.78, 5) is 28.7. The standard InChI is InChI=1S/C28H39N3O4S/c1-5-25(28(33)29-23-15-9-10-16-23)30(19-22-13-7-6-8-14-22)27(32)20-31(36(4,34)35)26-18-12-11-17-24(26)21(2)3/h6-8,11-14,17-18,21,23,25H,5,9-10,15-16,19-20H2,1-4H3,(H,29,33)/t25-/m0/s1. The SMILES string of the molecule is CC[C@@H](C(=O)NC1CCCC1)N(Cc1ccccc1)C(=O)CN(c1ccccc1C(C)C)S(C)(=O)=O. The van der Waals surface area contributed by atoms with Gasteiger partial charge in [0.2, 0.25) is 21.8 Å². The average Bonchev–Trinajstić information content (AvgIpc) is 3.35. The average molecular weight is 514 g/mol. The van der Waals surface area contributed by atoms with Crippen molar-refractivity contribution in [2.45, 2.75) is 77.4 Å². The van der Waals surface area contributed by atoms with Crippen LogP contribution in [0.15, 0.2) is 54.6 Å². The number of rotatable bonds is 11. The first-order chi connectivity index (χ1) is 17.1. The molecule has 0 spiro atoms. The molecule has 2 aromatic rings. The van der Waals surface area contributed by atoms with Gasteiger partial charge in [0, 0.05) is 12.6 Å². The van der Waals surface area contributed by atoms with Crippen LogP contribution in [0.25, 0.3) is 0 Å². The molecular formula is C28H39N3O4S. The van der Waals surface area contributed by atoms with Crippen LogP contribution in [-0.4, -0.2) is 50.0 Å². The molecule has 1 aliphatic rings. The van der Waals surface area contributed by atoms with Crippen LogP contribution in [0.2, 0.25) is 0 Å². The maximum Gasteiger partial charge on any atom is 0.244 e. The molecule has 0 unspecified atom stereocenters. The van der Waals surface area contributed by atoms with Crippen molar-refractivity contribution in [2.24, 2.45) is 0 Å². The summed E-state index contributed by atoms with van der Waals surface area (Å²) >= 11 is 0. The molecule has 0 aromatic heterocycles. The van der Waals surface area contributed by atoms with Crippen molar-refractivity contribution in [2.75, 3.05) is 17.1 Å². The Labute approximate surface area is 215 Å². The summed E-state index contributed by atoms with van der Waals surface area (Å²) in [6.07, 6.45) is 5.62. The third-order valence-corrected chi connectivity index (χ3v) is 7.92. The Bertz CT molecular complexity index is 1130. The summed E-state index contributed by atoms with van der Waals surface area (Å²) in [6, 6.07) is 16.2. The highest BCUT2D eigenvalue weighted by Gasteiger charge is 2.33. The summed E-state index contributed by atoms with van der Waals surface area (Å²) in [5, 5.41) is 3.13. The lowest BCUT2D eigenvalue weighted by atomic mass is 10.0. The third-order valence-electron chi connectivity index (χ3n) is 6.79. The van der Waals surface area contributed by atoms with Gasteiger partial charge in [-0.25, -0.2) is 8.42 Å². The monoisotopic (exact) mass is 513 g/mol. The number of amides is 2. The van der Waals surface area contributed by atoms with E-state index in [4.69, 9.17) is 0 Å². The molecule has 1 saturated carbocycles. The zero-order valence-corrected chi connectivity index (χ0v) is 22.6. The van der Waals surface area contributed by atoms with Crippen molar-refractivity contribution < 1.29 is 18.0 Å². The molecular weight excluding hydrogens is 474 g/mol. The highest BCUT2D eigenvalue weighted by Crippen LogP contribution is 2.29. The van der Waals surface area contributed by atoms with Crippen LogP contribution in [0.5, 0.6) is 0 Å². The van der Waals surface area contributed by atoms with Crippen molar-refractivity contribution in [3.05, 3.63) is 65.7 Å². The largest absolute Gasteiger partial charge is 0.352 e. The van der Waals surface area contributed by atoms with Gasteiger partial charge in [-0.1, -0.05) is 82.1 Å². The van der Waals surface area contributed by atoms with Gasteiger partial charge in [0.15, 0.2) is 0 Å². The normalized spacial score (nSPS) is 15.0. The van der Waals surface area contributed by atoms with Gasteiger partial charge in [-0.2, -0.15) is 0 Å². The van der Waals surface area contributed by atoms with Gasteiger partial charge in [0.05, 0.1) is 11.9 Å². The highest BCUT2D eigenvalue weighted by atomic mass is 32.2. The Morgan fingerprint density at radius 2 is 1.61 bits per heavy atom. The fraction of sp³-hybridized carbons (Fsp3) is 0.500. The number of sulfonamides is 1. The van der Waals surface area contributed by atoms with Crippen molar-refractivity contribution in [1.82, 2.24) is 10.2 Å². The summed E-state index contributed by atoms with van der Waals surface area (Å²) in [5.41, 5.74) is 2.22. The van der Waals surface area contributed by atoms with Gasteiger partial charge in [-0.3, -0.25) is 13.9 Å². The van der Waals surface area contributed by atoms with Crippen molar-refractivity contribution in [3.63, 3.8) is 0 Å². The predicted molar refractivity (Wildman–Crippen MR) is 144 cm³/mol. The molecule has 8 heteroatoms. The lowest BCUT2D eigenvalue weighted by Crippen LogP contribution is -2.53. The van der Waals surface area contributed by atoms with E-state index in [0.717, 1.165) is 43.1 Å². The van der Waals surface area contributed by atoms with E-state index in [-0.39, 0.29) is 31.0 Å². The van der Waals surface area contributed by atoms with Gasteiger partial charge in [-0.15, -0.1) is 0 Å². The number of hydrogen-bond acceptors (Lipinski definition) is 4. The van der Waals surface area contributed by atoms with E-state index < -0.39 is 22.0 Å². The predicted octanol–water partition coefficient (Wildman–Crippen LogP) is 4.44. The number of hydrogen-bond donors (Lipinski definition) is 1. The second kappa shape index (κ2) is 12.4. The molecule has 0 bridgehead atoms. The van der Waals surface area contributed by atoms with Gasteiger partial charge in [0.25, 0.3) is 0 Å². The topological polar surface area (TPSA) is 86.8 Å². The van der Waals surface area contributed by atoms with Crippen LogP contribution in [0.3, 0.4) is 0 Å². The fourth-order valence-electron chi connectivity index (χ4n) is 4.86. The number of nitrogens with one attached hydrogen (secondary N) is 1. The minimum absolute atomic E-state index is 0.0709. The Morgan fingerprint density at radius 1 is 1.00 bits per heavy atom. The molecule has 2 amide bonds. The summed E-state index contributed by atoms with van der Waals surface area (Å²) < 4.78 is 27.0. The number of para-hydroxylation sites is 1. The Morgan fingerprint density at radius 3 is 2.19 bits per heavy atom. The van der Waals surface area contributed by atoms with Crippen molar-refractivity contribution in [1.29, 1.82) is 0 Å². The number of anilines is 1. The van der Waals surface area contributed by atoms with E-state index in [1.165, 1.54) is 9.21 Å². The smallest absolute Gasteiger partial charge is 0.244 e. The summed E-state index contributed by atoms with van der Waals surface area (Å²) in [6.45, 7) is 5.71. The first kappa shape index (κ1) is 27.7. The summed E-state index contributed by atoms with van der Waals surface area (Å²) in [7, 11) is -3.76. The molecule has 0 aliphatic heterocycles. The third kappa shape index (κ3) is 7.09. The molecule has 3 rings (SSSR count). The quantitative estimate of drug-likeness (QED) is 0.481. The lowest BCUT2D eigenvalue weighted by Gasteiger charge is -2.34. The second-order valence-electron chi connectivity index (χ2n) is 9.90. The fourth-order valence-corrected chi connectivity index (χ4v) is 5.73. The van der Waals surface area contributed by atoms with E-state index in [9.17, 15) is 18.0 Å². The number of carbonyl (C=O) groups is 2. The molecule has 1 aliphatic carbocycles. The first-order valence-corrected chi connectivity index (χ1v) is 14.7. The Balaban J connectivity index is 1.94. The summed E-state index contributed by atoms with van der Waals surface area (Å²) in [5.74, 6) is -0.514. The van der Waals surface area contributed by atoms with Crippen molar-refractivity contribution in [3.8, 4) is 0 Å². The Kier molecular flexibility index (Phi) is 9.54. The molecule has 1 fully saturated rings. The molecule has 36 heavy (non-hydrogen) atoms. The zero-order chi connectivity index (χ0) is 26.3. The highest BCUT2D eigenvalue weighted by molar-refractivity contribution is 7.92. The van der Waals surface area contributed by atoms with Crippen LogP contribution in [0, 0.1) is 0 Å². The van der Waals surface area contributed by atoms with Gasteiger partial charge in [-0.05, 0) is 42.4 Å². The molecule has 7 nitrogen and oxygen atoms in total. The van der Waals surface area contributed by atoms with Crippen LogP contribution >= 0.6 is 0 Å². The first-order valence-electron chi connectivity index (χ1n) is 12.8. The van der Waals surface area contributed by atoms with E-state index in [1.807, 2.05) is 63.2 Å². The maximum atomic E-state index is 13.8. The molecule has 196 valence electrons. The minimum Gasteiger partial charge on any atom is -0.352 e. The molecule has 2 aromatic carbocycles. The molecule has 0 saturated heterocycles. The number of benzene rings is 2. The van der Waals surface area contributed by atoms with Gasteiger partial charge < -0.3 is 10.2 Å². The van der Waals surface area contributed by atoms with Crippen LogP contribution in [0.4, 0.5) is 5.69 Å². The minimum atomic E-state index is -3.76. The number of nitrogens with zero attached hydrogens (tertiary/aromatic N) is 2. The molecule has 0 heterocycles. The van der Waals surface area contributed by atoms with Crippen molar-refractivity contribution >= 4 is 27.5 Å². The lowest BCUT2D eigenvalue weighted by molar-refractivity contribution is -0.140. The maximum absolute atomic E-state index is 13.8. The van der Waals surface area contributed by atoms with Crippen LogP contribution in [-0.2, 0) is 26.2 Å². The second-order valence-corrected chi connectivity index (χ2v) is 11.8. The van der Waals surface area contributed by atoms with E-state index in [0.29, 0.717) is 12.1 Å². The molecule has 1 atom stereocenters. The van der Waals surface area contributed by atoms with Gasteiger partial charge in [0.1, 0.15) is 12.6 Å². The Hall–Kier alpha value is -2.87. The zero-order valence-electron chi connectivity index (χ0n) is 21.8. The van der Waals surface area contributed by atoms with Gasteiger partial charge >= 0.3 is 0 Å². The van der Waals surface area contributed by atoms with E-state index in [1.54, 1.807) is 12.1 Å². The van der Waals surface area contributed by atoms with E-state index >= 15 is 0 Å². The van der Waals surface area contributed by atoms with Crippen LogP contribution in [0.1, 0.15) is 69.9 Å². The van der Waals surface area contributed by atoms with Crippen LogP contribution < -0.4 is 9.62 Å². The number of carbonyl (C=O) groups excluding carboxylic acids is 2.